The van der Waals surface area contributed by atoms with Crippen molar-refractivity contribution in [2.75, 3.05) is 18.4 Å². The van der Waals surface area contributed by atoms with E-state index in [9.17, 15) is 10.1 Å². The van der Waals surface area contributed by atoms with Crippen molar-refractivity contribution in [2.24, 2.45) is 0 Å². The van der Waals surface area contributed by atoms with Crippen LogP contribution in [0.3, 0.4) is 0 Å². The lowest BCUT2D eigenvalue weighted by Crippen LogP contribution is -2.40. The van der Waals surface area contributed by atoms with Gasteiger partial charge in [-0.25, -0.2) is 4.98 Å². The normalized spacial score (nSPS) is 11.4. The van der Waals surface area contributed by atoms with Crippen LogP contribution in [0.4, 0.5) is 11.5 Å². The summed E-state index contributed by atoms with van der Waals surface area (Å²) >= 11 is 0. The second-order valence-electron chi connectivity index (χ2n) is 5.41. The first-order valence-electron chi connectivity index (χ1n) is 6.94. The fraction of sp³-hybridized carbons (Fsp3) is 0.643. The van der Waals surface area contributed by atoms with Crippen LogP contribution in [0.1, 0.15) is 33.4 Å². The predicted molar refractivity (Wildman–Crippen MR) is 81.1 cm³/mol. The van der Waals surface area contributed by atoms with Crippen LogP contribution in [-0.4, -0.2) is 40.0 Å². The third-order valence-corrected chi connectivity index (χ3v) is 3.26. The Labute approximate surface area is 120 Å². The number of hydrogen-bond acceptors (Lipinski definition) is 5. The van der Waals surface area contributed by atoms with Gasteiger partial charge in [0, 0.05) is 31.2 Å². The highest BCUT2D eigenvalue weighted by molar-refractivity contribution is 5.44. The van der Waals surface area contributed by atoms with E-state index in [1.165, 1.54) is 6.07 Å². The van der Waals surface area contributed by atoms with Gasteiger partial charge >= 0.3 is 0 Å². The zero-order valence-electron chi connectivity index (χ0n) is 12.9. The van der Waals surface area contributed by atoms with E-state index in [-0.39, 0.29) is 5.69 Å². The third-order valence-electron chi connectivity index (χ3n) is 3.26. The van der Waals surface area contributed by atoms with Gasteiger partial charge in [-0.2, -0.15) is 0 Å². The molecule has 0 spiro atoms. The predicted octanol–water partition coefficient (Wildman–Crippen LogP) is 2.83. The van der Waals surface area contributed by atoms with E-state index in [0.717, 1.165) is 13.1 Å². The molecule has 6 nitrogen and oxygen atoms in total. The molecule has 1 heterocycles. The van der Waals surface area contributed by atoms with Crippen molar-refractivity contribution in [3.8, 4) is 0 Å². The van der Waals surface area contributed by atoms with Crippen molar-refractivity contribution >= 4 is 11.5 Å². The topological polar surface area (TPSA) is 71.3 Å². The van der Waals surface area contributed by atoms with Crippen LogP contribution in [0.2, 0.25) is 0 Å². The number of nitrogens with one attached hydrogen (secondary N) is 1. The van der Waals surface area contributed by atoms with Crippen LogP contribution in [0.5, 0.6) is 0 Å². The molecule has 1 rings (SSSR count). The molecule has 0 saturated carbocycles. The summed E-state index contributed by atoms with van der Waals surface area (Å²) in [6.07, 6.45) is 0. The van der Waals surface area contributed by atoms with E-state index in [1.807, 2.05) is 0 Å². The van der Waals surface area contributed by atoms with Crippen molar-refractivity contribution < 1.29 is 4.92 Å². The highest BCUT2D eigenvalue weighted by Gasteiger charge is 2.14. The molecule has 0 aliphatic rings. The number of aromatic nitrogens is 1. The van der Waals surface area contributed by atoms with Crippen LogP contribution in [0, 0.1) is 17.0 Å². The van der Waals surface area contributed by atoms with Crippen LogP contribution in [-0.2, 0) is 0 Å². The molecule has 6 heteroatoms. The Morgan fingerprint density at radius 1 is 1.30 bits per heavy atom. The third kappa shape index (κ3) is 4.45. The fourth-order valence-electron chi connectivity index (χ4n) is 2.27. The van der Waals surface area contributed by atoms with E-state index in [2.05, 4.69) is 42.9 Å². The van der Waals surface area contributed by atoms with Crippen molar-refractivity contribution in [3.63, 3.8) is 0 Å². The van der Waals surface area contributed by atoms with Gasteiger partial charge in [-0.3, -0.25) is 15.0 Å². The fourth-order valence-corrected chi connectivity index (χ4v) is 2.27. The number of nitrogens with zero attached hydrogens (tertiary/aromatic N) is 3. The highest BCUT2D eigenvalue weighted by atomic mass is 16.6. The maximum absolute atomic E-state index is 10.7. The van der Waals surface area contributed by atoms with Gasteiger partial charge in [0.05, 0.1) is 4.92 Å². The summed E-state index contributed by atoms with van der Waals surface area (Å²) in [7, 11) is 0. The van der Waals surface area contributed by atoms with Gasteiger partial charge in [-0.1, -0.05) is 0 Å². The molecule has 20 heavy (non-hydrogen) atoms. The first kappa shape index (κ1) is 16.4. The molecule has 1 aromatic rings. The van der Waals surface area contributed by atoms with Gasteiger partial charge in [-0.05, 0) is 40.7 Å². The Morgan fingerprint density at radius 3 is 2.35 bits per heavy atom. The number of anilines is 1. The van der Waals surface area contributed by atoms with Crippen LogP contribution < -0.4 is 5.32 Å². The summed E-state index contributed by atoms with van der Waals surface area (Å²) in [5, 5.41) is 13.9. The number of hydrogen-bond donors (Lipinski definition) is 1. The molecule has 0 unspecified atom stereocenters. The van der Waals surface area contributed by atoms with E-state index in [0.29, 0.717) is 23.6 Å². The summed E-state index contributed by atoms with van der Waals surface area (Å²) in [6.45, 7) is 12.0. The van der Waals surface area contributed by atoms with Crippen molar-refractivity contribution in [2.45, 2.75) is 46.7 Å². The van der Waals surface area contributed by atoms with Gasteiger partial charge in [0.25, 0.3) is 5.69 Å². The summed E-state index contributed by atoms with van der Waals surface area (Å²) < 4.78 is 0. The maximum atomic E-state index is 10.7. The molecule has 0 aliphatic carbocycles. The SMILES string of the molecule is Cc1nc(NCCN(C(C)C)C(C)C)ccc1[N+](=O)[O-]. The Kier molecular flexibility index (Phi) is 5.88. The maximum Gasteiger partial charge on any atom is 0.290 e. The molecular formula is C14H24N4O2. The van der Waals surface area contributed by atoms with Crippen molar-refractivity contribution in [1.29, 1.82) is 0 Å². The smallest absolute Gasteiger partial charge is 0.290 e. The van der Waals surface area contributed by atoms with E-state index in [4.69, 9.17) is 0 Å². The number of aryl methyl sites for hydroxylation is 1. The summed E-state index contributed by atoms with van der Waals surface area (Å²) in [4.78, 5) is 16.9. The molecular weight excluding hydrogens is 256 g/mol. The average Bonchev–Trinajstić information content (AvgIpc) is 2.33. The monoisotopic (exact) mass is 280 g/mol. The van der Waals surface area contributed by atoms with Crippen LogP contribution >= 0.6 is 0 Å². The highest BCUT2D eigenvalue weighted by Crippen LogP contribution is 2.17. The van der Waals surface area contributed by atoms with Gasteiger partial charge in [-0.15, -0.1) is 0 Å². The molecule has 0 aromatic carbocycles. The minimum absolute atomic E-state index is 0.0570. The van der Waals surface area contributed by atoms with Gasteiger partial charge in [0.15, 0.2) is 0 Å². The largest absolute Gasteiger partial charge is 0.369 e. The van der Waals surface area contributed by atoms with Crippen molar-refractivity contribution in [3.05, 3.63) is 27.9 Å². The first-order valence-corrected chi connectivity index (χ1v) is 6.94. The molecule has 0 radical (unpaired) electrons. The Hall–Kier alpha value is -1.69. The standard InChI is InChI=1S/C14H24N4O2/c1-10(2)17(11(3)4)9-8-15-14-7-6-13(18(19)20)12(5)16-14/h6-7,10-11H,8-9H2,1-5H3,(H,15,16). The molecule has 0 bridgehead atoms. The molecule has 0 amide bonds. The minimum Gasteiger partial charge on any atom is -0.369 e. The lowest BCUT2D eigenvalue weighted by atomic mass is 10.2. The number of nitro groups is 1. The second kappa shape index (κ2) is 7.19. The van der Waals surface area contributed by atoms with Gasteiger partial charge in [0.1, 0.15) is 11.5 Å². The zero-order valence-corrected chi connectivity index (χ0v) is 12.9. The lowest BCUT2D eigenvalue weighted by Gasteiger charge is -2.30. The zero-order chi connectivity index (χ0) is 15.3. The van der Waals surface area contributed by atoms with Crippen LogP contribution in [0.25, 0.3) is 0 Å². The van der Waals surface area contributed by atoms with E-state index >= 15 is 0 Å². The first-order chi connectivity index (χ1) is 9.32. The van der Waals surface area contributed by atoms with Crippen molar-refractivity contribution in [1.82, 2.24) is 9.88 Å². The van der Waals surface area contributed by atoms with E-state index < -0.39 is 4.92 Å². The molecule has 1 N–H and O–H groups in total. The molecule has 0 aliphatic heterocycles. The Morgan fingerprint density at radius 2 is 1.90 bits per heavy atom. The summed E-state index contributed by atoms with van der Waals surface area (Å²) in [5.74, 6) is 0.681. The average molecular weight is 280 g/mol. The second-order valence-corrected chi connectivity index (χ2v) is 5.41. The quantitative estimate of drug-likeness (QED) is 0.614. The van der Waals surface area contributed by atoms with Gasteiger partial charge < -0.3 is 5.32 Å². The Bertz CT molecular complexity index is 452. The number of rotatable bonds is 7. The van der Waals surface area contributed by atoms with Gasteiger partial charge in [0.2, 0.25) is 0 Å². The molecule has 0 atom stereocenters. The number of pyridine rings is 1. The lowest BCUT2D eigenvalue weighted by molar-refractivity contribution is -0.385. The Balaban J connectivity index is 2.58. The molecule has 0 saturated heterocycles. The molecule has 0 fully saturated rings. The molecule has 112 valence electrons. The van der Waals surface area contributed by atoms with E-state index in [1.54, 1.807) is 13.0 Å². The minimum atomic E-state index is -0.411. The van der Waals surface area contributed by atoms with Crippen LogP contribution in [0.15, 0.2) is 12.1 Å². The summed E-state index contributed by atoms with van der Waals surface area (Å²) in [6, 6.07) is 4.12. The summed E-state index contributed by atoms with van der Waals surface area (Å²) in [5.41, 5.74) is 0.492. The molecule has 1 aromatic heterocycles.